The Morgan fingerprint density at radius 1 is 1.26 bits per heavy atom. The van der Waals surface area contributed by atoms with Crippen molar-refractivity contribution < 1.29 is 19.5 Å². The van der Waals surface area contributed by atoms with Crippen molar-refractivity contribution in [1.29, 1.82) is 0 Å². The van der Waals surface area contributed by atoms with Crippen LogP contribution >= 0.6 is 0 Å². The number of nitrogens with zero attached hydrogens (tertiary/aromatic N) is 1. The van der Waals surface area contributed by atoms with Crippen molar-refractivity contribution in [3.63, 3.8) is 0 Å². The van der Waals surface area contributed by atoms with Crippen molar-refractivity contribution >= 4 is 23.7 Å². The molecule has 0 radical (unpaired) electrons. The number of rotatable bonds is 10. The molecule has 0 rings (SSSR count). The summed E-state index contributed by atoms with van der Waals surface area (Å²) in [6.07, 6.45) is 4.77. The van der Waals surface area contributed by atoms with Gasteiger partial charge in [-0.3, -0.25) is 19.4 Å². The smallest absolute Gasteiger partial charge is 0.305 e. The summed E-state index contributed by atoms with van der Waals surface area (Å²) in [5, 5.41) is 16.2. The Bertz CT molecular complexity index is 495. The number of aliphatic imine (C=N–C) groups is 1. The van der Waals surface area contributed by atoms with Crippen LogP contribution in [0.4, 0.5) is 0 Å². The van der Waals surface area contributed by atoms with E-state index >= 15 is 0 Å². The van der Waals surface area contributed by atoms with E-state index in [1.165, 1.54) is 7.05 Å². The number of nitrogens with two attached hydrogens (primary N) is 2. The normalized spacial score (nSPS) is 12.3. The fraction of sp³-hybridized carbons (Fsp3) is 0.538. The predicted octanol–water partition coefficient (Wildman–Crippen LogP) is -3.05. The number of carbonyl (C=O) groups is 3. The van der Waals surface area contributed by atoms with Crippen LogP contribution in [0.2, 0.25) is 0 Å². The summed E-state index contributed by atoms with van der Waals surface area (Å²) in [6.45, 7) is 0.109. The number of aliphatic carboxylic acids is 1. The van der Waals surface area contributed by atoms with Gasteiger partial charge >= 0.3 is 5.97 Å². The number of likely N-dealkylation sites (N-methyl/N-ethyl adjacent to an activating group) is 1. The second-order valence-corrected chi connectivity index (χ2v) is 4.52. The molecule has 10 heteroatoms. The molecule has 0 aliphatic heterocycles. The maximum Gasteiger partial charge on any atom is 0.305 e. The van der Waals surface area contributed by atoms with Gasteiger partial charge in [-0.25, -0.2) is 0 Å². The molecule has 23 heavy (non-hydrogen) atoms. The quantitative estimate of drug-likeness (QED) is 0.140. The Labute approximate surface area is 134 Å². The number of carboxylic acid groups (broad SMARTS) is 1. The first-order valence-corrected chi connectivity index (χ1v) is 6.77. The zero-order valence-electron chi connectivity index (χ0n) is 12.8. The lowest BCUT2D eigenvalue weighted by Gasteiger charge is -2.20. The van der Waals surface area contributed by atoms with E-state index in [2.05, 4.69) is 26.9 Å². The Balaban J connectivity index is 4.86. The summed E-state index contributed by atoms with van der Waals surface area (Å²) in [4.78, 5) is 38.5. The largest absolute Gasteiger partial charge is 0.481 e. The van der Waals surface area contributed by atoms with E-state index in [0.717, 1.165) is 0 Å². The third-order valence-electron chi connectivity index (χ3n) is 2.75. The van der Waals surface area contributed by atoms with Crippen LogP contribution in [0, 0.1) is 12.3 Å². The van der Waals surface area contributed by atoms with Gasteiger partial charge in [0, 0.05) is 6.54 Å². The van der Waals surface area contributed by atoms with Gasteiger partial charge in [-0.2, -0.15) is 0 Å². The third-order valence-corrected chi connectivity index (χ3v) is 2.75. The van der Waals surface area contributed by atoms with E-state index in [9.17, 15) is 14.4 Å². The summed E-state index contributed by atoms with van der Waals surface area (Å²) < 4.78 is 0. The van der Waals surface area contributed by atoms with Crippen LogP contribution in [0.25, 0.3) is 0 Å². The Hall–Kier alpha value is -2.80. The Kier molecular flexibility index (Phi) is 9.54. The van der Waals surface area contributed by atoms with Crippen LogP contribution in [0.15, 0.2) is 4.99 Å². The lowest BCUT2D eigenvalue weighted by Crippen LogP contribution is -2.53. The average Bonchev–Trinajstić information content (AvgIpc) is 2.48. The second-order valence-electron chi connectivity index (χ2n) is 4.52. The maximum absolute atomic E-state index is 12.1. The van der Waals surface area contributed by atoms with Crippen LogP contribution < -0.4 is 27.4 Å². The number of amides is 2. The van der Waals surface area contributed by atoms with Gasteiger partial charge < -0.3 is 32.5 Å². The predicted molar refractivity (Wildman–Crippen MR) is 84.2 cm³/mol. The summed E-state index contributed by atoms with van der Waals surface area (Å²) >= 11 is 0. The average molecular weight is 326 g/mol. The van der Waals surface area contributed by atoms with Crippen molar-refractivity contribution in [1.82, 2.24) is 16.0 Å². The van der Waals surface area contributed by atoms with E-state index in [-0.39, 0.29) is 25.5 Å². The molecule has 0 saturated heterocycles. The standard InChI is InChI=1S/C13H22N6O4/c1-3-5-17-11(22)8(4-6-18-13(14)15)19-12(23)9(16-2)7-10(20)21/h1,8-9,16H,4-7H2,2H3,(H,17,22)(H,19,23)(H,20,21)(H4,14,15,18). The van der Waals surface area contributed by atoms with Crippen LogP contribution in [-0.2, 0) is 14.4 Å². The Morgan fingerprint density at radius 2 is 1.91 bits per heavy atom. The lowest BCUT2D eigenvalue weighted by atomic mass is 10.1. The van der Waals surface area contributed by atoms with Crippen molar-refractivity contribution in [3.05, 3.63) is 0 Å². The third kappa shape index (κ3) is 8.94. The van der Waals surface area contributed by atoms with E-state index < -0.39 is 36.3 Å². The van der Waals surface area contributed by atoms with Crippen LogP contribution in [0.3, 0.4) is 0 Å². The van der Waals surface area contributed by atoms with Gasteiger partial charge in [-0.1, -0.05) is 5.92 Å². The molecule has 128 valence electrons. The molecule has 0 spiro atoms. The number of terminal acetylenes is 1. The molecule has 8 N–H and O–H groups in total. The molecule has 0 bridgehead atoms. The maximum atomic E-state index is 12.1. The monoisotopic (exact) mass is 326 g/mol. The second kappa shape index (κ2) is 10.9. The van der Waals surface area contributed by atoms with Crippen molar-refractivity contribution in [2.24, 2.45) is 16.5 Å². The number of hydrogen-bond donors (Lipinski definition) is 6. The molecule has 0 aliphatic carbocycles. The molecular weight excluding hydrogens is 304 g/mol. The van der Waals surface area contributed by atoms with Gasteiger partial charge in [0.2, 0.25) is 11.8 Å². The molecule has 10 nitrogen and oxygen atoms in total. The molecule has 0 aromatic heterocycles. The van der Waals surface area contributed by atoms with Crippen molar-refractivity contribution in [2.75, 3.05) is 20.1 Å². The van der Waals surface area contributed by atoms with E-state index in [1.54, 1.807) is 0 Å². The number of guanidine groups is 1. The topological polar surface area (TPSA) is 172 Å². The number of hydrogen-bond acceptors (Lipinski definition) is 5. The molecule has 0 aromatic carbocycles. The highest BCUT2D eigenvalue weighted by Gasteiger charge is 2.25. The zero-order chi connectivity index (χ0) is 17.8. The number of carboxylic acids is 1. The molecule has 2 atom stereocenters. The van der Waals surface area contributed by atoms with E-state index in [0.29, 0.717) is 0 Å². The van der Waals surface area contributed by atoms with Crippen LogP contribution in [0.5, 0.6) is 0 Å². The minimum atomic E-state index is -1.15. The molecule has 0 fully saturated rings. The van der Waals surface area contributed by atoms with Gasteiger partial charge in [-0.15, -0.1) is 6.42 Å². The highest BCUT2D eigenvalue weighted by molar-refractivity contribution is 5.91. The minimum absolute atomic E-state index is 0.00190. The summed E-state index contributed by atoms with van der Waals surface area (Å²) in [7, 11) is 1.44. The lowest BCUT2D eigenvalue weighted by molar-refractivity contribution is -0.140. The first-order valence-electron chi connectivity index (χ1n) is 6.77. The van der Waals surface area contributed by atoms with Crippen LogP contribution in [0.1, 0.15) is 12.8 Å². The van der Waals surface area contributed by atoms with Gasteiger partial charge in [0.15, 0.2) is 5.96 Å². The first-order chi connectivity index (χ1) is 10.8. The molecule has 0 heterocycles. The Morgan fingerprint density at radius 3 is 2.39 bits per heavy atom. The SMILES string of the molecule is C#CCNC(=O)C(CCN=C(N)N)NC(=O)C(CC(=O)O)NC. The molecule has 2 amide bonds. The number of nitrogens with one attached hydrogen (secondary N) is 3. The van der Waals surface area contributed by atoms with E-state index in [4.69, 9.17) is 23.0 Å². The molecule has 0 saturated carbocycles. The highest BCUT2D eigenvalue weighted by atomic mass is 16.4. The zero-order valence-corrected chi connectivity index (χ0v) is 12.8. The summed E-state index contributed by atoms with van der Waals surface area (Å²) in [6, 6.07) is -1.91. The minimum Gasteiger partial charge on any atom is -0.481 e. The van der Waals surface area contributed by atoms with E-state index in [1.807, 2.05) is 0 Å². The fourth-order valence-electron chi connectivity index (χ4n) is 1.63. The van der Waals surface area contributed by atoms with Crippen molar-refractivity contribution in [2.45, 2.75) is 24.9 Å². The van der Waals surface area contributed by atoms with Gasteiger partial charge in [-0.05, 0) is 13.5 Å². The van der Waals surface area contributed by atoms with Gasteiger partial charge in [0.25, 0.3) is 0 Å². The highest BCUT2D eigenvalue weighted by Crippen LogP contribution is 1.98. The van der Waals surface area contributed by atoms with Crippen molar-refractivity contribution in [3.8, 4) is 12.3 Å². The molecule has 0 aliphatic rings. The van der Waals surface area contributed by atoms with Crippen LogP contribution in [-0.4, -0.2) is 61.1 Å². The fourth-order valence-corrected chi connectivity index (χ4v) is 1.63. The molecular formula is C13H22N6O4. The molecule has 2 unspecified atom stereocenters. The van der Waals surface area contributed by atoms with Gasteiger partial charge in [0.05, 0.1) is 19.0 Å². The van der Waals surface area contributed by atoms with Gasteiger partial charge in [0.1, 0.15) is 6.04 Å². The summed E-state index contributed by atoms with van der Waals surface area (Å²) in [5.74, 6) is -0.179. The first kappa shape index (κ1) is 20.2. The summed E-state index contributed by atoms with van der Waals surface area (Å²) in [5.41, 5.74) is 10.4. The molecule has 0 aromatic rings. The number of carbonyl (C=O) groups excluding carboxylic acids is 2.